The summed E-state index contributed by atoms with van der Waals surface area (Å²) in [5.74, 6) is -0.994. The van der Waals surface area contributed by atoms with Crippen LogP contribution in [-0.2, 0) is 11.9 Å². The number of halogens is 3. The average molecular weight is 409 g/mol. The molecule has 0 amide bonds. The molecule has 0 aliphatic heterocycles. The Hall–Kier alpha value is -2.53. The van der Waals surface area contributed by atoms with E-state index in [2.05, 4.69) is 20.1 Å². The van der Waals surface area contributed by atoms with Gasteiger partial charge in [0.25, 0.3) is 5.56 Å². The maximum atomic E-state index is 13.1. The van der Waals surface area contributed by atoms with E-state index in [0.29, 0.717) is 21.0 Å². The Morgan fingerprint density at radius 1 is 1.19 bits per heavy atom. The molecule has 11 heteroatoms. The zero-order valence-corrected chi connectivity index (χ0v) is 15.3. The molecular weight excluding hydrogens is 399 g/mol. The van der Waals surface area contributed by atoms with E-state index in [1.807, 2.05) is 0 Å². The van der Waals surface area contributed by atoms with Gasteiger partial charge >= 0.3 is 6.18 Å². The van der Waals surface area contributed by atoms with E-state index in [0.717, 1.165) is 11.8 Å². The molecule has 4 rings (SSSR count). The summed E-state index contributed by atoms with van der Waals surface area (Å²) < 4.78 is 40.5. The van der Waals surface area contributed by atoms with Crippen LogP contribution >= 0.6 is 23.1 Å². The second-order valence-electron chi connectivity index (χ2n) is 5.56. The molecule has 0 atom stereocenters. The highest BCUT2D eigenvalue weighted by Gasteiger charge is 2.35. The molecule has 0 unspecified atom stereocenters. The summed E-state index contributed by atoms with van der Waals surface area (Å²) in [6.45, 7) is 1.76. The first-order valence-electron chi connectivity index (χ1n) is 7.64. The lowest BCUT2D eigenvalue weighted by Gasteiger charge is -2.10. The van der Waals surface area contributed by atoms with Gasteiger partial charge in [-0.3, -0.25) is 4.79 Å². The van der Waals surface area contributed by atoms with Crippen molar-refractivity contribution in [2.45, 2.75) is 23.9 Å². The number of aryl methyl sites for hydroxylation is 1. The van der Waals surface area contributed by atoms with Crippen molar-refractivity contribution in [2.24, 2.45) is 0 Å². The predicted molar refractivity (Wildman–Crippen MR) is 96.0 cm³/mol. The minimum atomic E-state index is -4.64. The molecule has 3 heterocycles. The van der Waals surface area contributed by atoms with Crippen LogP contribution in [0.2, 0.25) is 0 Å². The van der Waals surface area contributed by atoms with Gasteiger partial charge < -0.3 is 0 Å². The predicted octanol–water partition coefficient (Wildman–Crippen LogP) is 3.71. The van der Waals surface area contributed by atoms with Crippen molar-refractivity contribution >= 4 is 39.0 Å². The lowest BCUT2D eigenvalue weighted by Crippen LogP contribution is -2.15. The summed E-state index contributed by atoms with van der Waals surface area (Å²) in [6.07, 6.45) is -4.64. The second kappa shape index (κ2) is 6.57. The molecule has 0 aliphatic carbocycles. The number of para-hydroxylation sites is 1. The summed E-state index contributed by atoms with van der Waals surface area (Å²) in [7, 11) is 0. The van der Waals surface area contributed by atoms with Gasteiger partial charge in [-0.25, -0.2) is 15.0 Å². The molecule has 0 fully saturated rings. The lowest BCUT2D eigenvalue weighted by atomic mass is 10.2. The molecule has 4 aromatic rings. The Morgan fingerprint density at radius 2 is 1.96 bits per heavy atom. The van der Waals surface area contributed by atoms with Gasteiger partial charge in [0, 0.05) is 17.2 Å². The van der Waals surface area contributed by atoms with Gasteiger partial charge in [0.1, 0.15) is 10.0 Å². The van der Waals surface area contributed by atoms with Crippen molar-refractivity contribution in [1.82, 2.24) is 24.6 Å². The molecule has 0 saturated heterocycles. The summed E-state index contributed by atoms with van der Waals surface area (Å²) in [5, 5.41) is 5.46. The molecule has 0 aliphatic rings. The zero-order valence-electron chi connectivity index (χ0n) is 13.7. The Kier molecular flexibility index (Phi) is 4.35. The molecule has 0 radical (unpaired) electrons. The average Bonchev–Trinajstić information content (AvgIpc) is 2.99. The third-order valence-corrected chi connectivity index (χ3v) is 5.43. The van der Waals surface area contributed by atoms with Crippen molar-refractivity contribution in [3.05, 3.63) is 57.2 Å². The molecule has 0 N–H and O–H groups in total. The van der Waals surface area contributed by atoms with Crippen LogP contribution < -0.4 is 5.56 Å². The Balaban J connectivity index is 1.72. The number of nitrogens with zero attached hydrogens (tertiary/aromatic N) is 5. The number of thioether (sulfide) groups is 1. The van der Waals surface area contributed by atoms with Crippen molar-refractivity contribution in [3.8, 4) is 0 Å². The van der Waals surface area contributed by atoms with Crippen molar-refractivity contribution < 1.29 is 13.2 Å². The quantitative estimate of drug-likeness (QED) is 0.379. The topological polar surface area (TPSA) is 73.0 Å². The summed E-state index contributed by atoms with van der Waals surface area (Å²) >= 11 is 2.35. The fraction of sp³-hybridized carbons (Fsp3) is 0.188. The van der Waals surface area contributed by atoms with E-state index in [1.165, 1.54) is 28.0 Å². The van der Waals surface area contributed by atoms with E-state index < -0.39 is 12.0 Å². The molecule has 3 aromatic heterocycles. The number of hydrogen-bond acceptors (Lipinski definition) is 7. The highest BCUT2D eigenvalue weighted by atomic mass is 32.2. The van der Waals surface area contributed by atoms with Crippen LogP contribution in [0.5, 0.6) is 0 Å². The lowest BCUT2D eigenvalue weighted by molar-refractivity contribution is -0.145. The molecule has 1 aromatic carbocycles. The van der Waals surface area contributed by atoms with Gasteiger partial charge in [0.2, 0.25) is 10.8 Å². The first-order valence-corrected chi connectivity index (χ1v) is 9.44. The summed E-state index contributed by atoms with van der Waals surface area (Å²) in [5.41, 5.74) is 0.331. The molecule has 0 spiro atoms. The van der Waals surface area contributed by atoms with E-state index in [9.17, 15) is 18.0 Å². The maximum Gasteiger partial charge on any atom is 0.451 e. The molecule has 27 heavy (non-hydrogen) atoms. The van der Waals surface area contributed by atoms with E-state index in [-0.39, 0.29) is 21.9 Å². The van der Waals surface area contributed by atoms with E-state index in [1.54, 1.807) is 25.1 Å². The van der Waals surface area contributed by atoms with E-state index >= 15 is 0 Å². The van der Waals surface area contributed by atoms with Gasteiger partial charge in [-0.05, 0) is 13.0 Å². The number of alkyl halides is 3. The minimum Gasteiger partial charge on any atom is -0.267 e. The fourth-order valence-electron chi connectivity index (χ4n) is 2.45. The van der Waals surface area contributed by atoms with Crippen LogP contribution in [0, 0.1) is 6.92 Å². The Labute approximate surface area is 158 Å². The molecule has 138 valence electrons. The van der Waals surface area contributed by atoms with Gasteiger partial charge in [-0.15, -0.1) is 0 Å². The van der Waals surface area contributed by atoms with Crippen LogP contribution in [0.3, 0.4) is 0 Å². The Bertz CT molecular complexity index is 1220. The maximum absolute atomic E-state index is 13.1. The standard InChI is InChI=1S/C16H10F3N5OS2/c1-8-23-24-12(25)6-9(20-15(24)27-8)7-26-13-10-4-2-3-5-11(10)21-14(22-13)16(17,18)19/h2-6H,7H2,1H3. The third-order valence-electron chi connectivity index (χ3n) is 3.58. The van der Waals surface area contributed by atoms with Crippen molar-refractivity contribution in [1.29, 1.82) is 0 Å². The molecule has 0 bridgehead atoms. The smallest absolute Gasteiger partial charge is 0.267 e. The third kappa shape index (κ3) is 3.52. The van der Waals surface area contributed by atoms with Gasteiger partial charge in [0.05, 0.1) is 11.2 Å². The fourth-order valence-corrected chi connectivity index (χ4v) is 4.13. The van der Waals surface area contributed by atoms with Crippen LogP contribution in [0.25, 0.3) is 15.9 Å². The minimum absolute atomic E-state index is 0.190. The zero-order chi connectivity index (χ0) is 19.2. The van der Waals surface area contributed by atoms with Crippen molar-refractivity contribution in [3.63, 3.8) is 0 Å². The van der Waals surface area contributed by atoms with Gasteiger partial charge in [0.15, 0.2) is 0 Å². The van der Waals surface area contributed by atoms with Crippen LogP contribution in [0.15, 0.2) is 40.2 Å². The van der Waals surface area contributed by atoms with E-state index in [4.69, 9.17) is 0 Å². The highest BCUT2D eigenvalue weighted by molar-refractivity contribution is 7.98. The number of aromatic nitrogens is 5. The SMILES string of the molecule is Cc1nn2c(=O)cc(CSc3nc(C(F)(F)F)nc4ccccc34)nc2s1. The monoisotopic (exact) mass is 409 g/mol. The van der Waals surface area contributed by atoms with Crippen LogP contribution in [0.4, 0.5) is 13.2 Å². The first-order chi connectivity index (χ1) is 12.8. The number of rotatable bonds is 3. The van der Waals surface area contributed by atoms with Gasteiger partial charge in [-0.2, -0.15) is 22.8 Å². The van der Waals surface area contributed by atoms with Crippen LogP contribution in [-0.4, -0.2) is 24.6 Å². The second-order valence-corrected chi connectivity index (χ2v) is 7.68. The van der Waals surface area contributed by atoms with Crippen molar-refractivity contribution in [2.75, 3.05) is 0 Å². The number of benzene rings is 1. The largest absolute Gasteiger partial charge is 0.451 e. The van der Waals surface area contributed by atoms with Gasteiger partial charge in [-0.1, -0.05) is 41.3 Å². The Morgan fingerprint density at radius 3 is 2.74 bits per heavy atom. The molecular formula is C16H10F3N5OS2. The molecule has 0 saturated carbocycles. The summed E-state index contributed by atoms with van der Waals surface area (Å²) in [6, 6.07) is 7.82. The highest BCUT2D eigenvalue weighted by Crippen LogP contribution is 2.33. The molecule has 6 nitrogen and oxygen atoms in total. The van der Waals surface area contributed by atoms with Crippen LogP contribution in [0.1, 0.15) is 16.5 Å². The normalized spacial score (nSPS) is 12.1. The summed E-state index contributed by atoms with van der Waals surface area (Å²) in [4.78, 5) is 24.2. The number of hydrogen-bond donors (Lipinski definition) is 0. The number of fused-ring (bicyclic) bond motifs is 2. The first kappa shape index (κ1) is 17.9.